The number of carbonyl (C=O) groups is 4. The lowest BCUT2D eigenvalue weighted by Crippen LogP contribution is -2.61. The Hall–Kier alpha value is -2.93. The third-order valence-electron chi connectivity index (χ3n) is 5.48. The third kappa shape index (κ3) is 12.4. The number of aliphatic imine (C=N–C) groups is 1. The minimum Gasteiger partial charge on any atom is -0.480 e. The van der Waals surface area contributed by atoms with Gasteiger partial charge < -0.3 is 43.4 Å². The molecule has 6 atom stereocenters. The van der Waals surface area contributed by atoms with E-state index in [1.54, 1.807) is 6.92 Å². The number of hydrogen-bond acceptors (Lipinski definition) is 7. The zero-order valence-electron chi connectivity index (χ0n) is 21.3. The Morgan fingerprint density at radius 2 is 1.46 bits per heavy atom. The summed E-state index contributed by atoms with van der Waals surface area (Å²) in [6.45, 7) is 8.89. The molecule has 202 valence electrons. The molecule has 11 N–H and O–H groups in total. The number of carboxylic acids is 1. The summed E-state index contributed by atoms with van der Waals surface area (Å²) in [6, 6.07) is -4.54. The molecule has 13 heteroatoms. The van der Waals surface area contributed by atoms with Crippen LogP contribution in [-0.4, -0.2) is 76.7 Å². The molecule has 0 aliphatic rings. The van der Waals surface area contributed by atoms with Crippen molar-refractivity contribution in [2.75, 3.05) is 6.54 Å². The molecule has 0 saturated carbocycles. The highest BCUT2D eigenvalue weighted by molar-refractivity contribution is 5.94. The van der Waals surface area contributed by atoms with Gasteiger partial charge in [0.15, 0.2) is 5.96 Å². The first kappa shape index (κ1) is 32.1. The van der Waals surface area contributed by atoms with Crippen LogP contribution in [0.1, 0.15) is 60.3 Å². The highest BCUT2D eigenvalue weighted by atomic mass is 16.4. The average molecular weight is 502 g/mol. The van der Waals surface area contributed by atoms with Gasteiger partial charge in [0.2, 0.25) is 17.7 Å². The molecule has 13 nitrogen and oxygen atoms in total. The molecule has 3 amide bonds. The van der Waals surface area contributed by atoms with Crippen LogP contribution in [-0.2, 0) is 19.2 Å². The summed E-state index contributed by atoms with van der Waals surface area (Å²) in [7, 11) is 0. The number of rotatable bonds is 16. The van der Waals surface area contributed by atoms with Crippen LogP contribution in [0.3, 0.4) is 0 Å². The number of amides is 3. The Morgan fingerprint density at radius 3 is 1.91 bits per heavy atom. The molecule has 0 heterocycles. The Kier molecular flexibility index (Phi) is 14.5. The molecule has 35 heavy (non-hydrogen) atoms. The summed E-state index contributed by atoms with van der Waals surface area (Å²) in [5.74, 6) is -3.61. The fourth-order valence-electron chi connectivity index (χ4n) is 3.25. The van der Waals surface area contributed by atoms with Crippen LogP contribution in [0.2, 0.25) is 0 Å². The average Bonchev–Trinajstić information content (AvgIpc) is 2.75. The van der Waals surface area contributed by atoms with Crippen molar-refractivity contribution < 1.29 is 29.4 Å². The Balaban J connectivity index is 5.41. The van der Waals surface area contributed by atoms with Crippen molar-refractivity contribution in [1.29, 1.82) is 0 Å². The van der Waals surface area contributed by atoms with Crippen LogP contribution in [0, 0.1) is 11.8 Å². The van der Waals surface area contributed by atoms with Gasteiger partial charge in [-0.15, -0.1) is 0 Å². The van der Waals surface area contributed by atoms with Gasteiger partial charge in [-0.05, 0) is 38.0 Å². The van der Waals surface area contributed by atoms with Crippen molar-refractivity contribution >= 4 is 29.7 Å². The highest BCUT2D eigenvalue weighted by Crippen LogP contribution is 2.11. The second kappa shape index (κ2) is 15.9. The van der Waals surface area contributed by atoms with E-state index in [1.807, 2.05) is 20.8 Å². The molecular weight excluding hydrogens is 458 g/mol. The Morgan fingerprint density at radius 1 is 0.914 bits per heavy atom. The lowest BCUT2D eigenvalue weighted by molar-refractivity contribution is -0.143. The van der Waals surface area contributed by atoms with Gasteiger partial charge in [-0.3, -0.25) is 19.4 Å². The van der Waals surface area contributed by atoms with Crippen LogP contribution in [0.25, 0.3) is 0 Å². The molecule has 0 fully saturated rings. The quantitative estimate of drug-likeness (QED) is 0.0688. The van der Waals surface area contributed by atoms with Gasteiger partial charge in [0.05, 0.1) is 12.1 Å². The van der Waals surface area contributed by atoms with Gasteiger partial charge in [-0.1, -0.05) is 34.1 Å². The van der Waals surface area contributed by atoms with E-state index in [2.05, 4.69) is 20.9 Å². The molecule has 0 aliphatic carbocycles. The fourth-order valence-corrected chi connectivity index (χ4v) is 3.25. The monoisotopic (exact) mass is 501 g/mol. The van der Waals surface area contributed by atoms with E-state index in [4.69, 9.17) is 17.2 Å². The summed E-state index contributed by atoms with van der Waals surface area (Å²) in [6.07, 6.45) is -0.0668. The van der Waals surface area contributed by atoms with E-state index in [1.165, 1.54) is 6.92 Å². The SMILES string of the molecule is CCC(C)C(NC(=O)C(N)CC(C)C)C(=O)NC(C(=O)NC(CCCN=C(N)N)C(=O)O)C(C)O. The smallest absolute Gasteiger partial charge is 0.326 e. The van der Waals surface area contributed by atoms with Gasteiger partial charge in [-0.25, -0.2) is 4.79 Å². The van der Waals surface area contributed by atoms with E-state index in [-0.39, 0.29) is 37.2 Å². The Labute approximate surface area is 206 Å². The maximum atomic E-state index is 13.0. The molecule has 0 aliphatic heterocycles. The van der Waals surface area contributed by atoms with Crippen molar-refractivity contribution in [1.82, 2.24) is 16.0 Å². The highest BCUT2D eigenvalue weighted by Gasteiger charge is 2.34. The number of nitrogens with one attached hydrogen (secondary N) is 3. The van der Waals surface area contributed by atoms with Crippen molar-refractivity contribution in [3.8, 4) is 0 Å². The van der Waals surface area contributed by atoms with E-state index >= 15 is 0 Å². The summed E-state index contributed by atoms with van der Waals surface area (Å²) < 4.78 is 0. The van der Waals surface area contributed by atoms with Crippen molar-refractivity contribution in [3.05, 3.63) is 0 Å². The van der Waals surface area contributed by atoms with Crippen LogP contribution in [0.4, 0.5) is 0 Å². The van der Waals surface area contributed by atoms with Crippen LogP contribution >= 0.6 is 0 Å². The maximum absolute atomic E-state index is 13.0. The largest absolute Gasteiger partial charge is 0.480 e. The number of carbonyl (C=O) groups excluding carboxylic acids is 3. The zero-order valence-corrected chi connectivity index (χ0v) is 21.3. The molecule has 0 radical (unpaired) electrons. The summed E-state index contributed by atoms with van der Waals surface area (Å²) >= 11 is 0. The van der Waals surface area contributed by atoms with Gasteiger partial charge in [0.1, 0.15) is 18.1 Å². The molecule has 6 unspecified atom stereocenters. The van der Waals surface area contributed by atoms with Gasteiger partial charge >= 0.3 is 5.97 Å². The lowest BCUT2D eigenvalue weighted by atomic mass is 9.96. The number of carboxylic acid groups (broad SMARTS) is 1. The summed E-state index contributed by atoms with van der Waals surface area (Å²) in [5.41, 5.74) is 16.4. The zero-order chi connectivity index (χ0) is 27.3. The number of hydrogen-bond donors (Lipinski definition) is 8. The number of guanidine groups is 1. The summed E-state index contributed by atoms with van der Waals surface area (Å²) in [5, 5.41) is 27.0. The van der Waals surface area contributed by atoms with Crippen LogP contribution in [0.5, 0.6) is 0 Å². The maximum Gasteiger partial charge on any atom is 0.326 e. The fraction of sp³-hybridized carbons (Fsp3) is 0.773. The molecule has 0 aromatic rings. The number of aliphatic hydroxyl groups excluding tert-OH is 1. The lowest BCUT2D eigenvalue weighted by Gasteiger charge is -2.29. The molecule has 0 aromatic heterocycles. The molecule has 0 rings (SSSR count). The van der Waals surface area contributed by atoms with E-state index in [0.717, 1.165) is 0 Å². The van der Waals surface area contributed by atoms with Crippen LogP contribution in [0.15, 0.2) is 4.99 Å². The number of aliphatic carboxylic acids is 1. The van der Waals surface area contributed by atoms with Crippen molar-refractivity contribution in [2.45, 2.75) is 90.6 Å². The second-order valence-corrected chi connectivity index (χ2v) is 9.18. The molecule has 0 aromatic carbocycles. The second-order valence-electron chi connectivity index (χ2n) is 9.18. The van der Waals surface area contributed by atoms with E-state index < -0.39 is 54.0 Å². The first-order valence-electron chi connectivity index (χ1n) is 11.8. The first-order chi connectivity index (χ1) is 16.2. The van der Waals surface area contributed by atoms with Gasteiger partial charge in [-0.2, -0.15) is 0 Å². The predicted molar refractivity (Wildman–Crippen MR) is 132 cm³/mol. The minimum atomic E-state index is -1.45. The normalized spacial score (nSPS) is 16.2. The molecule has 0 bridgehead atoms. The van der Waals surface area contributed by atoms with Crippen molar-refractivity contribution in [3.63, 3.8) is 0 Å². The van der Waals surface area contributed by atoms with Gasteiger partial charge in [0.25, 0.3) is 0 Å². The summed E-state index contributed by atoms with van der Waals surface area (Å²) in [4.78, 5) is 53.6. The number of nitrogens with two attached hydrogens (primary N) is 3. The van der Waals surface area contributed by atoms with Gasteiger partial charge in [0, 0.05) is 6.54 Å². The number of aliphatic hydroxyl groups is 1. The first-order valence-corrected chi connectivity index (χ1v) is 11.8. The molecule has 0 saturated heterocycles. The molecule has 0 spiro atoms. The van der Waals surface area contributed by atoms with E-state index in [9.17, 15) is 29.4 Å². The minimum absolute atomic E-state index is 0.0254. The topological polar surface area (TPSA) is 235 Å². The predicted octanol–water partition coefficient (Wildman–Crippen LogP) is -1.62. The third-order valence-corrected chi connectivity index (χ3v) is 5.48. The van der Waals surface area contributed by atoms with Crippen LogP contribution < -0.4 is 33.2 Å². The van der Waals surface area contributed by atoms with E-state index in [0.29, 0.717) is 12.8 Å². The Bertz CT molecular complexity index is 740. The standard InChI is InChI=1S/C22H43N7O6/c1-6-12(4)16(28-18(31)14(23)10-11(2)3)19(32)29-17(13(5)30)20(33)27-15(21(34)35)8-7-9-26-22(24)25/h11-17,30H,6-10,23H2,1-5H3,(H,27,33)(H,28,31)(H,29,32)(H,34,35)(H4,24,25,26). The van der Waals surface area contributed by atoms with Crippen molar-refractivity contribution in [2.24, 2.45) is 34.0 Å². The number of nitrogens with zero attached hydrogens (tertiary/aromatic N) is 1. The molecular formula is C22H43N7O6.